The van der Waals surface area contributed by atoms with Gasteiger partial charge in [-0.3, -0.25) is 4.79 Å². The summed E-state index contributed by atoms with van der Waals surface area (Å²) in [6, 6.07) is 7.95. The quantitative estimate of drug-likeness (QED) is 0.754. The van der Waals surface area contributed by atoms with E-state index in [1.54, 1.807) is 24.3 Å². The van der Waals surface area contributed by atoms with Gasteiger partial charge in [-0.1, -0.05) is 43.7 Å². The van der Waals surface area contributed by atoms with Gasteiger partial charge in [0, 0.05) is 0 Å². The molecule has 0 fully saturated rings. The Morgan fingerprint density at radius 1 is 1.33 bits per heavy atom. The Kier molecular flexibility index (Phi) is 5.70. The number of hydrogen-bond donors (Lipinski definition) is 2. The molecule has 0 radical (unpaired) electrons. The monoisotopic (exact) mass is 250 g/mol. The number of carbonyl (C=O) groups is 2. The fourth-order valence-electron chi connectivity index (χ4n) is 1.43. The number of hydrogen-bond acceptors (Lipinski definition) is 3. The van der Waals surface area contributed by atoms with Gasteiger partial charge in [-0.25, -0.2) is 4.79 Å². The van der Waals surface area contributed by atoms with Crippen LogP contribution in [0, 0.1) is 0 Å². The van der Waals surface area contributed by atoms with Crippen molar-refractivity contribution in [3.05, 3.63) is 35.9 Å². The summed E-state index contributed by atoms with van der Waals surface area (Å²) in [5, 5.41) is 2.46. The van der Waals surface area contributed by atoms with E-state index < -0.39 is 18.0 Å². The van der Waals surface area contributed by atoms with Crippen molar-refractivity contribution in [1.82, 2.24) is 5.32 Å². The van der Waals surface area contributed by atoms with Crippen molar-refractivity contribution in [2.45, 2.75) is 25.8 Å². The van der Waals surface area contributed by atoms with E-state index in [4.69, 9.17) is 10.5 Å². The van der Waals surface area contributed by atoms with Crippen LogP contribution in [0.4, 0.5) is 4.79 Å². The molecule has 0 heterocycles. The number of nitrogens with two attached hydrogens (primary N) is 1. The van der Waals surface area contributed by atoms with E-state index >= 15 is 0 Å². The lowest BCUT2D eigenvalue weighted by atomic mass is 10.1. The summed E-state index contributed by atoms with van der Waals surface area (Å²) in [6.45, 7) is 2.33. The highest BCUT2D eigenvalue weighted by atomic mass is 16.5. The van der Waals surface area contributed by atoms with Crippen LogP contribution in [0.15, 0.2) is 30.3 Å². The maximum atomic E-state index is 11.5. The molecule has 3 N–H and O–H groups in total. The highest BCUT2D eigenvalue weighted by molar-refractivity contribution is 5.85. The van der Waals surface area contributed by atoms with Crippen LogP contribution in [0.2, 0.25) is 0 Å². The van der Waals surface area contributed by atoms with Crippen LogP contribution in [0.5, 0.6) is 0 Å². The molecule has 1 aromatic carbocycles. The molecule has 1 unspecified atom stereocenters. The number of unbranched alkanes of at least 4 members (excludes halogenated alkanes) is 1. The molecule has 18 heavy (non-hydrogen) atoms. The molecule has 1 aromatic rings. The predicted molar refractivity (Wildman–Crippen MR) is 67.8 cm³/mol. The van der Waals surface area contributed by atoms with E-state index in [9.17, 15) is 9.59 Å². The molecule has 1 atom stereocenters. The number of amides is 2. The summed E-state index contributed by atoms with van der Waals surface area (Å²) in [7, 11) is 0. The van der Waals surface area contributed by atoms with Gasteiger partial charge in [-0.2, -0.15) is 0 Å². The Hall–Kier alpha value is -2.04. The Morgan fingerprint density at radius 3 is 2.56 bits per heavy atom. The molecule has 0 spiro atoms. The standard InChI is InChI=1S/C13H18N2O3/c1-2-3-9-18-13(17)15-11(12(14)16)10-7-5-4-6-8-10/h4-8,11H,2-3,9H2,1H3,(H2,14,16)(H,15,17). The lowest BCUT2D eigenvalue weighted by molar-refractivity contribution is -0.120. The number of benzene rings is 1. The van der Waals surface area contributed by atoms with Gasteiger partial charge in [-0.05, 0) is 12.0 Å². The van der Waals surface area contributed by atoms with Crippen molar-refractivity contribution in [3.8, 4) is 0 Å². The molecule has 5 nitrogen and oxygen atoms in total. The van der Waals surface area contributed by atoms with E-state index in [0.717, 1.165) is 12.8 Å². The molecule has 5 heteroatoms. The number of alkyl carbamates (subject to hydrolysis) is 1. The van der Waals surface area contributed by atoms with Crippen LogP contribution >= 0.6 is 0 Å². The molecule has 0 aliphatic rings. The second kappa shape index (κ2) is 7.32. The normalized spacial score (nSPS) is 11.6. The van der Waals surface area contributed by atoms with Gasteiger partial charge in [0.25, 0.3) is 0 Å². The third-order valence-electron chi connectivity index (χ3n) is 2.41. The highest BCUT2D eigenvalue weighted by Gasteiger charge is 2.20. The average molecular weight is 250 g/mol. The molecule has 0 saturated heterocycles. The number of ether oxygens (including phenoxy) is 1. The number of carbonyl (C=O) groups excluding carboxylic acids is 2. The highest BCUT2D eigenvalue weighted by Crippen LogP contribution is 2.11. The fourth-order valence-corrected chi connectivity index (χ4v) is 1.43. The maximum absolute atomic E-state index is 11.5. The smallest absolute Gasteiger partial charge is 0.408 e. The first-order valence-electron chi connectivity index (χ1n) is 5.92. The Bertz CT molecular complexity index is 392. The summed E-state index contributed by atoms with van der Waals surface area (Å²) in [5.74, 6) is -0.617. The predicted octanol–water partition coefficient (Wildman–Crippen LogP) is 1.74. The van der Waals surface area contributed by atoms with Gasteiger partial charge in [0.05, 0.1) is 6.61 Å². The number of rotatable bonds is 6. The Balaban J connectivity index is 2.59. The summed E-state index contributed by atoms with van der Waals surface area (Å²) < 4.78 is 4.93. The largest absolute Gasteiger partial charge is 0.450 e. The molecular formula is C13H18N2O3. The van der Waals surface area contributed by atoms with E-state index in [1.165, 1.54) is 0 Å². The second-order valence-electron chi connectivity index (χ2n) is 3.88. The maximum Gasteiger partial charge on any atom is 0.408 e. The molecule has 0 aromatic heterocycles. The van der Waals surface area contributed by atoms with Gasteiger partial charge in [0.2, 0.25) is 5.91 Å². The lowest BCUT2D eigenvalue weighted by Gasteiger charge is -2.15. The van der Waals surface area contributed by atoms with Crippen molar-refractivity contribution in [3.63, 3.8) is 0 Å². The number of primary amides is 1. The first-order chi connectivity index (χ1) is 8.65. The second-order valence-corrected chi connectivity index (χ2v) is 3.88. The fraction of sp³-hybridized carbons (Fsp3) is 0.385. The van der Waals surface area contributed by atoms with Crippen molar-refractivity contribution < 1.29 is 14.3 Å². The zero-order valence-corrected chi connectivity index (χ0v) is 10.4. The minimum atomic E-state index is -0.861. The zero-order valence-electron chi connectivity index (χ0n) is 10.4. The van der Waals surface area contributed by atoms with Crippen LogP contribution < -0.4 is 11.1 Å². The lowest BCUT2D eigenvalue weighted by Crippen LogP contribution is -2.37. The van der Waals surface area contributed by atoms with Gasteiger partial charge in [-0.15, -0.1) is 0 Å². The average Bonchev–Trinajstić information content (AvgIpc) is 2.37. The minimum absolute atomic E-state index is 0.336. The summed E-state index contributed by atoms with van der Waals surface area (Å²) in [5.41, 5.74) is 5.90. The first-order valence-corrected chi connectivity index (χ1v) is 5.92. The molecule has 0 aliphatic heterocycles. The molecule has 0 bridgehead atoms. The molecule has 98 valence electrons. The number of nitrogens with one attached hydrogen (secondary N) is 1. The van der Waals surface area contributed by atoms with Gasteiger partial charge in [0.1, 0.15) is 6.04 Å². The van der Waals surface area contributed by atoms with E-state index in [2.05, 4.69) is 5.32 Å². The third-order valence-corrected chi connectivity index (χ3v) is 2.41. The van der Waals surface area contributed by atoms with Crippen molar-refractivity contribution >= 4 is 12.0 Å². The molecule has 1 rings (SSSR count). The van der Waals surface area contributed by atoms with Crippen LogP contribution in [0.25, 0.3) is 0 Å². The van der Waals surface area contributed by atoms with Crippen molar-refractivity contribution in [1.29, 1.82) is 0 Å². The molecule has 0 saturated carbocycles. The van der Waals surface area contributed by atoms with Gasteiger partial charge < -0.3 is 15.8 Å². The summed E-state index contributed by atoms with van der Waals surface area (Å²) in [6.07, 6.45) is 1.10. The Morgan fingerprint density at radius 2 is 2.00 bits per heavy atom. The van der Waals surface area contributed by atoms with Crippen molar-refractivity contribution in [2.24, 2.45) is 5.73 Å². The van der Waals surface area contributed by atoms with Crippen LogP contribution in [-0.4, -0.2) is 18.6 Å². The molecular weight excluding hydrogens is 232 g/mol. The summed E-state index contributed by atoms with van der Waals surface area (Å²) in [4.78, 5) is 22.8. The third kappa shape index (κ3) is 4.45. The topological polar surface area (TPSA) is 81.4 Å². The SMILES string of the molecule is CCCCOC(=O)NC(C(N)=O)c1ccccc1. The van der Waals surface area contributed by atoms with E-state index in [0.29, 0.717) is 12.2 Å². The van der Waals surface area contributed by atoms with Crippen LogP contribution in [-0.2, 0) is 9.53 Å². The molecule has 0 aliphatic carbocycles. The Labute approximate surface area is 106 Å². The zero-order chi connectivity index (χ0) is 13.4. The van der Waals surface area contributed by atoms with Crippen LogP contribution in [0.3, 0.4) is 0 Å². The molecule has 2 amide bonds. The van der Waals surface area contributed by atoms with Crippen LogP contribution in [0.1, 0.15) is 31.4 Å². The van der Waals surface area contributed by atoms with Crippen molar-refractivity contribution in [2.75, 3.05) is 6.61 Å². The minimum Gasteiger partial charge on any atom is -0.450 e. The first kappa shape index (κ1) is 14.0. The summed E-state index contributed by atoms with van der Waals surface area (Å²) >= 11 is 0. The van der Waals surface area contributed by atoms with Gasteiger partial charge >= 0.3 is 6.09 Å². The van der Waals surface area contributed by atoms with E-state index in [-0.39, 0.29) is 0 Å². The van der Waals surface area contributed by atoms with E-state index in [1.807, 2.05) is 13.0 Å². The van der Waals surface area contributed by atoms with Gasteiger partial charge in [0.15, 0.2) is 0 Å².